The maximum Gasteiger partial charge on any atom is 0.319 e. The molecule has 6 heteroatoms. The lowest BCUT2D eigenvalue weighted by atomic mass is 10.1. The Morgan fingerprint density at radius 1 is 1.33 bits per heavy atom. The van der Waals surface area contributed by atoms with Crippen LogP contribution in [0, 0.1) is 5.82 Å². The molecule has 0 aliphatic carbocycles. The molecule has 0 aliphatic rings. The summed E-state index contributed by atoms with van der Waals surface area (Å²) in [4.78, 5) is 13.9. The van der Waals surface area contributed by atoms with Crippen LogP contribution in [0.5, 0.6) is 0 Å². The first-order valence-electron chi connectivity index (χ1n) is 6.56. The Balaban J connectivity index is 1.92. The fraction of sp³-hybridized carbons (Fsp3) is 0.267. The van der Waals surface area contributed by atoms with Crippen LogP contribution in [0.25, 0.3) is 0 Å². The summed E-state index contributed by atoms with van der Waals surface area (Å²) >= 11 is 1.62. The van der Waals surface area contributed by atoms with E-state index in [4.69, 9.17) is 0 Å². The van der Waals surface area contributed by atoms with Crippen LogP contribution in [0.1, 0.15) is 11.6 Å². The summed E-state index contributed by atoms with van der Waals surface area (Å²) in [6, 6.07) is 7.79. The Bertz CT molecular complexity index is 586. The number of para-hydroxylation sites is 1. The number of benzene rings is 1. The molecule has 2 rings (SSSR count). The van der Waals surface area contributed by atoms with Crippen LogP contribution in [0.3, 0.4) is 0 Å². The number of hydrogen-bond donors (Lipinski definition) is 2. The first kappa shape index (κ1) is 15.5. The Hall–Kier alpha value is -1.92. The molecule has 0 radical (unpaired) electrons. The summed E-state index contributed by atoms with van der Waals surface area (Å²) in [5.74, 6) is -0.449. The van der Waals surface area contributed by atoms with Gasteiger partial charge in [0.25, 0.3) is 0 Å². The van der Waals surface area contributed by atoms with Gasteiger partial charge >= 0.3 is 6.03 Å². The van der Waals surface area contributed by atoms with Gasteiger partial charge in [-0.05, 0) is 48.6 Å². The van der Waals surface area contributed by atoms with Gasteiger partial charge in [0.05, 0.1) is 11.7 Å². The van der Waals surface area contributed by atoms with Crippen molar-refractivity contribution < 1.29 is 9.18 Å². The fourth-order valence-electron chi connectivity index (χ4n) is 1.98. The van der Waals surface area contributed by atoms with Crippen LogP contribution in [0.4, 0.5) is 14.9 Å². The molecule has 0 bridgehead atoms. The zero-order valence-electron chi connectivity index (χ0n) is 12.0. The van der Waals surface area contributed by atoms with E-state index in [0.717, 1.165) is 5.56 Å². The third-order valence-corrected chi connectivity index (χ3v) is 3.83. The van der Waals surface area contributed by atoms with Crippen molar-refractivity contribution in [2.75, 3.05) is 26.0 Å². The summed E-state index contributed by atoms with van der Waals surface area (Å²) in [6.45, 7) is 0.448. The molecule has 4 nitrogen and oxygen atoms in total. The van der Waals surface area contributed by atoms with E-state index >= 15 is 0 Å². The molecular formula is C15H18FN3OS. The third-order valence-electron chi connectivity index (χ3n) is 3.13. The Labute approximate surface area is 127 Å². The highest BCUT2D eigenvalue weighted by Crippen LogP contribution is 2.20. The molecule has 0 saturated carbocycles. The second kappa shape index (κ2) is 7.19. The van der Waals surface area contributed by atoms with E-state index in [2.05, 4.69) is 16.0 Å². The van der Waals surface area contributed by atoms with Crippen molar-refractivity contribution in [1.82, 2.24) is 10.2 Å². The summed E-state index contributed by atoms with van der Waals surface area (Å²) in [6.07, 6.45) is 0. The molecule has 0 saturated heterocycles. The van der Waals surface area contributed by atoms with Crippen molar-refractivity contribution in [1.29, 1.82) is 0 Å². The van der Waals surface area contributed by atoms with E-state index in [-0.39, 0.29) is 11.7 Å². The van der Waals surface area contributed by atoms with Gasteiger partial charge in [-0.15, -0.1) is 0 Å². The SMILES string of the molecule is CN(C)[C@H](CNC(=O)Nc1ccccc1F)c1ccsc1. The van der Waals surface area contributed by atoms with Gasteiger partial charge in [0.2, 0.25) is 0 Å². The van der Waals surface area contributed by atoms with E-state index in [1.165, 1.54) is 12.1 Å². The van der Waals surface area contributed by atoms with Gasteiger partial charge in [-0.2, -0.15) is 11.3 Å². The van der Waals surface area contributed by atoms with Gasteiger partial charge in [0.1, 0.15) is 5.82 Å². The van der Waals surface area contributed by atoms with Crippen molar-refractivity contribution in [3.63, 3.8) is 0 Å². The van der Waals surface area contributed by atoms with Gasteiger partial charge in [-0.3, -0.25) is 0 Å². The van der Waals surface area contributed by atoms with E-state index in [0.29, 0.717) is 6.54 Å². The first-order chi connectivity index (χ1) is 10.1. The van der Waals surface area contributed by atoms with Crippen LogP contribution in [0.2, 0.25) is 0 Å². The second-order valence-corrected chi connectivity index (χ2v) is 5.63. The molecule has 2 amide bonds. The Kier molecular flexibility index (Phi) is 5.30. The molecule has 0 fully saturated rings. The van der Waals surface area contributed by atoms with Gasteiger partial charge in [0.15, 0.2) is 0 Å². The minimum absolute atomic E-state index is 0.0858. The molecule has 1 aromatic carbocycles. The van der Waals surface area contributed by atoms with Crippen molar-refractivity contribution in [2.45, 2.75) is 6.04 Å². The van der Waals surface area contributed by atoms with Gasteiger partial charge in [0, 0.05) is 6.54 Å². The van der Waals surface area contributed by atoms with E-state index in [1.807, 2.05) is 30.4 Å². The fourth-order valence-corrected chi connectivity index (χ4v) is 2.69. The molecule has 2 N–H and O–H groups in total. The molecule has 0 spiro atoms. The smallest absolute Gasteiger partial charge is 0.319 e. The van der Waals surface area contributed by atoms with Crippen molar-refractivity contribution in [3.05, 3.63) is 52.5 Å². The number of nitrogens with one attached hydrogen (secondary N) is 2. The number of nitrogens with zero attached hydrogens (tertiary/aromatic N) is 1. The number of hydrogen-bond acceptors (Lipinski definition) is 3. The van der Waals surface area contributed by atoms with E-state index in [1.54, 1.807) is 23.5 Å². The monoisotopic (exact) mass is 307 g/mol. The number of thiophene rings is 1. The Morgan fingerprint density at radius 3 is 2.71 bits per heavy atom. The van der Waals surface area contributed by atoms with Crippen LogP contribution < -0.4 is 10.6 Å². The predicted molar refractivity (Wildman–Crippen MR) is 84.2 cm³/mol. The normalized spacial score (nSPS) is 12.2. The summed E-state index contributed by atoms with van der Waals surface area (Å²) in [7, 11) is 3.91. The molecule has 0 unspecified atom stereocenters. The topological polar surface area (TPSA) is 44.4 Å². The quantitative estimate of drug-likeness (QED) is 0.890. The van der Waals surface area contributed by atoms with Gasteiger partial charge < -0.3 is 15.5 Å². The average Bonchev–Trinajstić information content (AvgIpc) is 2.95. The molecule has 2 aromatic rings. The molecule has 1 heterocycles. The van der Waals surface area contributed by atoms with Crippen molar-refractivity contribution in [3.8, 4) is 0 Å². The molecule has 0 aliphatic heterocycles. The van der Waals surface area contributed by atoms with Crippen molar-refractivity contribution in [2.24, 2.45) is 0 Å². The molecule has 1 aromatic heterocycles. The summed E-state index contributed by atoms with van der Waals surface area (Å²) in [5, 5.41) is 9.35. The number of rotatable bonds is 5. The van der Waals surface area contributed by atoms with Crippen LogP contribution in [-0.2, 0) is 0 Å². The maximum atomic E-state index is 13.5. The zero-order valence-corrected chi connectivity index (χ0v) is 12.8. The molecule has 21 heavy (non-hydrogen) atoms. The maximum absolute atomic E-state index is 13.5. The predicted octanol–water partition coefficient (Wildman–Crippen LogP) is 3.31. The third kappa shape index (κ3) is 4.27. The number of anilines is 1. The second-order valence-electron chi connectivity index (χ2n) is 4.85. The number of amides is 2. The lowest BCUT2D eigenvalue weighted by molar-refractivity contribution is 0.243. The van der Waals surface area contributed by atoms with Gasteiger partial charge in [-0.25, -0.2) is 9.18 Å². The van der Waals surface area contributed by atoms with E-state index < -0.39 is 11.8 Å². The lowest BCUT2D eigenvalue weighted by Gasteiger charge is -2.24. The lowest BCUT2D eigenvalue weighted by Crippen LogP contribution is -2.36. The number of carbonyl (C=O) groups is 1. The summed E-state index contributed by atoms with van der Waals surface area (Å²) in [5.41, 5.74) is 1.32. The van der Waals surface area contributed by atoms with E-state index in [9.17, 15) is 9.18 Å². The van der Waals surface area contributed by atoms with Crippen molar-refractivity contribution >= 4 is 23.1 Å². The highest BCUT2D eigenvalue weighted by molar-refractivity contribution is 7.07. The van der Waals surface area contributed by atoms with Crippen LogP contribution in [-0.4, -0.2) is 31.6 Å². The van der Waals surface area contributed by atoms with Gasteiger partial charge in [-0.1, -0.05) is 12.1 Å². The average molecular weight is 307 g/mol. The number of urea groups is 1. The first-order valence-corrected chi connectivity index (χ1v) is 7.50. The summed E-state index contributed by atoms with van der Waals surface area (Å²) < 4.78 is 13.5. The highest BCUT2D eigenvalue weighted by atomic mass is 32.1. The van der Waals surface area contributed by atoms with Crippen LogP contribution in [0.15, 0.2) is 41.1 Å². The largest absolute Gasteiger partial charge is 0.336 e. The molecular weight excluding hydrogens is 289 g/mol. The zero-order chi connectivity index (χ0) is 15.2. The standard InChI is InChI=1S/C15H18FN3OS/c1-19(2)14(11-7-8-21-10-11)9-17-15(20)18-13-6-4-3-5-12(13)16/h3-8,10,14H,9H2,1-2H3,(H2,17,18,20)/t14-/m1/s1. The number of halogens is 1. The molecule has 112 valence electrons. The minimum atomic E-state index is -0.449. The highest BCUT2D eigenvalue weighted by Gasteiger charge is 2.16. The minimum Gasteiger partial charge on any atom is -0.336 e. The van der Waals surface area contributed by atoms with Crippen LogP contribution >= 0.6 is 11.3 Å². The number of carbonyl (C=O) groups excluding carboxylic acids is 1. The molecule has 1 atom stereocenters. The Morgan fingerprint density at radius 2 is 2.10 bits per heavy atom. The number of likely N-dealkylation sites (N-methyl/N-ethyl adjacent to an activating group) is 1.